The molecule has 5 nitrogen and oxygen atoms in total. The zero-order valence-electron chi connectivity index (χ0n) is 13.5. The lowest BCUT2D eigenvalue weighted by atomic mass is 10.1. The molecule has 0 aliphatic carbocycles. The minimum Gasteiger partial charge on any atom is -0.333 e. The molecule has 1 saturated heterocycles. The topological polar surface area (TPSA) is 62.3 Å². The lowest BCUT2D eigenvalue weighted by Crippen LogP contribution is -2.36. The molecule has 1 fully saturated rings. The smallest absolute Gasteiger partial charge is 0.333 e. The van der Waals surface area contributed by atoms with E-state index >= 15 is 0 Å². The van der Waals surface area contributed by atoms with Crippen molar-refractivity contribution in [2.45, 2.75) is 12.6 Å². The van der Waals surface area contributed by atoms with Gasteiger partial charge < -0.3 is 10.2 Å². The summed E-state index contributed by atoms with van der Waals surface area (Å²) in [5, 5.41) is 5.37. The van der Waals surface area contributed by atoms with Crippen molar-refractivity contribution < 1.29 is 22.8 Å². The van der Waals surface area contributed by atoms with Crippen molar-refractivity contribution in [3.63, 3.8) is 0 Å². The third-order valence-electron chi connectivity index (χ3n) is 3.90. The minimum atomic E-state index is -4.50. The zero-order valence-corrected chi connectivity index (χ0v) is 15.8. The van der Waals surface area contributed by atoms with Crippen LogP contribution in [0.1, 0.15) is 6.42 Å². The van der Waals surface area contributed by atoms with Gasteiger partial charge >= 0.3 is 6.18 Å². The maximum Gasteiger partial charge on any atom is 0.406 e. The SMILES string of the molecule is O=C(Nc1nc(-c2ccc(Cl)cc2Cl)cs1)C1CC(=O)N(CC(F)(F)F)C1. The quantitative estimate of drug-likeness (QED) is 0.767. The van der Waals surface area contributed by atoms with E-state index in [1.165, 1.54) is 0 Å². The largest absolute Gasteiger partial charge is 0.406 e. The van der Waals surface area contributed by atoms with E-state index in [-0.39, 0.29) is 18.1 Å². The second-order valence-corrected chi connectivity index (χ2v) is 7.64. The predicted octanol–water partition coefficient (Wildman–Crippen LogP) is 4.47. The maximum atomic E-state index is 12.5. The number of nitrogens with zero attached hydrogens (tertiary/aromatic N) is 2. The van der Waals surface area contributed by atoms with E-state index in [4.69, 9.17) is 23.2 Å². The molecule has 1 aliphatic heterocycles. The van der Waals surface area contributed by atoms with Crippen LogP contribution in [0.2, 0.25) is 10.0 Å². The number of aromatic nitrogens is 1. The molecule has 1 aromatic heterocycles. The van der Waals surface area contributed by atoms with Crippen LogP contribution in [0.5, 0.6) is 0 Å². The van der Waals surface area contributed by atoms with Crippen molar-refractivity contribution in [1.29, 1.82) is 0 Å². The molecule has 0 saturated carbocycles. The van der Waals surface area contributed by atoms with Crippen molar-refractivity contribution in [2.24, 2.45) is 5.92 Å². The molecule has 144 valence electrons. The molecule has 3 rings (SSSR count). The summed E-state index contributed by atoms with van der Waals surface area (Å²) in [6.45, 7) is -1.63. The number of anilines is 1. The Morgan fingerprint density at radius 1 is 1.37 bits per heavy atom. The Kier molecular flexibility index (Phi) is 5.64. The Morgan fingerprint density at radius 2 is 2.11 bits per heavy atom. The van der Waals surface area contributed by atoms with E-state index in [1.807, 2.05) is 0 Å². The highest BCUT2D eigenvalue weighted by Gasteiger charge is 2.40. The second-order valence-electron chi connectivity index (χ2n) is 5.94. The molecule has 1 aliphatic rings. The van der Waals surface area contributed by atoms with Gasteiger partial charge in [-0.1, -0.05) is 23.2 Å². The third kappa shape index (κ3) is 4.91. The number of alkyl halides is 3. The van der Waals surface area contributed by atoms with Crippen LogP contribution in [-0.4, -0.2) is 41.0 Å². The van der Waals surface area contributed by atoms with Crippen LogP contribution in [0, 0.1) is 5.92 Å². The van der Waals surface area contributed by atoms with Crippen LogP contribution >= 0.6 is 34.5 Å². The van der Waals surface area contributed by atoms with Gasteiger partial charge in [-0.05, 0) is 18.2 Å². The molecule has 2 amide bonds. The Bertz CT molecular complexity index is 888. The predicted molar refractivity (Wildman–Crippen MR) is 96.9 cm³/mol. The molecule has 27 heavy (non-hydrogen) atoms. The number of hydrogen-bond donors (Lipinski definition) is 1. The van der Waals surface area contributed by atoms with E-state index in [2.05, 4.69) is 10.3 Å². The van der Waals surface area contributed by atoms with Gasteiger partial charge in [0.2, 0.25) is 11.8 Å². The van der Waals surface area contributed by atoms with Crippen LogP contribution in [0.4, 0.5) is 18.3 Å². The molecule has 1 N–H and O–H groups in total. The average Bonchev–Trinajstić information content (AvgIpc) is 3.13. The van der Waals surface area contributed by atoms with E-state index in [1.54, 1.807) is 23.6 Å². The van der Waals surface area contributed by atoms with Gasteiger partial charge in [0.15, 0.2) is 5.13 Å². The van der Waals surface area contributed by atoms with Gasteiger partial charge in [0.1, 0.15) is 6.54 Å². The first kappa shape index (κ1) is 19.9. The highest BCUT2D eigenvalue weighted by atomic mass is 35.5. The van der Waals surface area contributed by atoms with Gasteiger partial charge in [-0.3, -0.25) is 9.59 Å². The first-order valence-electron chi connectivity index (χ1n) is 7.69. The third-order valence-corrected chi connectivity index (χ3v) is 5.20. The molecule has 1 unspecified atom stereocenters. The Hall–Kier alpha value is -1.84. The number of rotatable bonds is 4. The van der Waals surface area contributed by atoms with E-state index in [0.29, 0.717) is 26.2 Å². The van der Waals surface area contributed by atoms with Crippen LogP contribution in [0.3, 0.4) is 0 Å². The first-order valence-corrected chi connectivity index (χ1v) is 9.32. The van der Waals surface area contributed by atoms with Gasteiger partial charge in [0, 0.05) is 28.9 Å². The normalized spacial score (nSPS) is 17.4. The number of benzene rings is 1. The van der Waals surface area contributed by atoms with Crippen molar-refractivity contribution in [2.75, 3.05) is 18.4 Å². The fourth-order valence-electron chi connectivity index (χ4n) is 2.68. The molecular formula is C16H12Cl2F3N3O2S. The van der Waals surface area contributed by atoms with Crippen molar-refractivity contribution >= 4 is 51.5 Å². The van der Waals surface area contributed by atoms with E-state index in [0.717, 1.165) is 11.3 Å². The molecule has 2 heterocycles. The molecule has 0 bridgehead atoms. The summed E-state index contributed by atoms with van der Waals surface area (Å²) in [7, 11) is 0. The molecular weight excluding hydrogens is 426 g/mol. The lowest BCUT2D eigenvalue weighted by molar-refractivity contribution is -0.157. The molecule has 0 spiro atoms. The van der Waals surface area contributed by atoms with Crippen molar-refractivity contribution in [3.8, 4) is 11.3 Å². The summed E-state index contributed by atoms with van der Waals surface area (Å²) < 4.78 is 37.4. The maximum absolute atomic E-state index is 12.5. The number of likely N-dealkylation sites (tertiary alicyclic amines) is 1. The Balaban J connectivity index is 1.65. The summed E-state index contributed by atoms with van der Waals surface area (Å²) in [5.74, 6) is -2.09. The summed E-state index contributed by atoms with van der Waals surface area (Å²) in [6.07, 6.45) is -4.76. The van der Waals surface area contributed by atoms with Crippen LogP contribution in [0.15, 0.2) is 23.6 Å². The molecule has 0 radical (unpaired) electrons. The molecule has 1 aromatic carbocycles. The molecule has 1 atom stereocenters. The number of amides is 2. The summed E-state index contributed by atoms with van der Waals surface area (Å²) in [4.78, 5) is 28.9. The first-order chi connectivity index (χ1) is 12.6. The van der Waals surface area contributed by atoms with Crippen molar-refractivity contribution in [1.82, 2.24) is 9.88 Å². The van der Waals surface area contributed by atoms with Gasteiger partial charge in [-0.25, -0.2) is 4.98 Å². The van der Waals surface area contributed by atoms with E-state index < -0.39 is 30.5 Å². The highest BCUT2D eigenvalue weighted by Crippen LogP contribution is 2.33. The molecule has 2 aromatic rings. The van der Waals surface area contributed by atoms with Gasteiger partial charge in [0.25, 0.3) is 0 Å². The second kappa shape index (κ2) is 7.65. The highest BCUT2D eigenvalue weighted by molar-refractivity contribution is 7.14. The standard InChI is InChI=1S/C16H12Cl2F3N3O2S/c17-9-1-2-10(11(18)4-9)12-6-27-15(22-12)23-14(26)8-3-13(25)24(5-8)7-16(19,20)21/h1-2,4,6,8H,3,5,7H2,(H,22,23,26). The van der Waals surface area contributed by atoms with Gasteiger partial charge in [0.05, 0.1) is 16.6 Å². The fraction of sp³-hybridized carbons (Fsp3) is 0.312. The number of carbonyl (C=O) groups is 2. The van der Waals surface area contributed by atoms with Gasteiger partial charge in [-0.15, -0.1) is 11.3 Å². The number of thiazole rings is 1. The Morgan fingerprint density at radius 3 is 2.78 bits per heavy atom. The lowest BCUT2D eigenvalue weighted by Gasteiger charge is -2.18. The monoisotopic (exact) mass is 437 g/mol. The Labute approximate surface area is 166 Å². The van der Waals surface area contributed by atoms with Crippen molar-refractivity contribution in [3.05, 3.63) is 33.6 Å². The van der Waals surface area contributed by atoms with Crippen LogP contribution < -0.4 is 5.32 Å². The van der Waals surface area contributed by atoms with Crippen LogP contribution in [0.25, 0.3) is 11.3 Å². The minimum absolute atomic E-state index is 0.261. The summed E-state index contributed by atoms with van der Waals surface area (Å²) >= 11 is 13.1. The van der Waals surface area contributed by atoms with Crippen LogP contribution in [-0.2, 0) is 9.59 Å². The van der Waals surface area contributed by atoms with Gasteiger partial charge in [-0.2, -0.15) is 13.2 Å². The number of hydrogen-bond acceptors (Lipinski definition) is 4. The molecule has 11 heteroatoms. The van der Waals surface area contributed by atoms with E-state index in [9.17, 15) is 22.8 Å². The average molecular weight is 438 g/mol. The number of nitrogens with one attached hydrogen (secondary N) is 1. The number of halogens is 5. The summed E-state index contributed by atoms with van der Waals surface area (Å²) in [6, 6.07) is 4.91. The number of carbonyl (C=O) groups excluding carboxylic acids is 2. The summed E-state index contributed by atoms with van der Waals surface area (Å²) in [5.41, 5.74) is 1.16. The zero-order chi connectivity index (χ0) is 19.8. The fourth-order valence-corrected chi connectivity index (χ4v) is 3.90.